The topological polar surface area (TPSA) is 122 Å². The highest BCUT2D eigenvalue weighted by Gasteiger charge is 2.15. The Hall–Kier alpha value is -4.72. The van der Waals surface area contributed by atoms with Crippen molar-refractivity contribution >= 4 is 39.6 Å². The zero-order valence-electron chi connectivity index (χ0n) is 16.6. The highest BCUT2D eigenvalue weighted by molar-refractivity contribution is 6.10. The van der Waals surface area contributed by atoms with Crippen LogP contribution in [0.3, 0.4) is 0 Å². The summed E-state index contributed by atoms with van der Waals surface area (Å²) < 4.78 is 0. The summed E-state index contributed by atoms with van der Waals surface area (Å²) in [6, 6.07) is 22.2. The Bertz CT molecular complexity index is 1350. The van der Waals surface area contributed by atoms with Gasteiger partial charge < -0.3 is 15.7 Å². The molecule has 4 aromatic rings. The van der Waals surface area contributed by atoms with Crippen molar-refractivity contribution in [2.45, 2.75) is 0 Å². The van der Waals surface area contributed by atoms with Gasteiger partial charge in [0.05, 0.1) is 10.5 Å². The number of nitro groups is 1. The smallest absolute Gasteiger partial charge is 0.271 e. The minimum atomic E-state index is -0.541. The Morgan fingerprint density at radius 3 is 2.22 bits per heavy atom. The minimum absolute atomic E-state index is 0.0672. The largest absolute Gasteiger partial charge is 0.507 e. The van der Waals surface area contributed by atoms with Crippen LogP contribution in [0.2, 0.25) is 0 Å². The molecular formula is C24H17N3O5. The fourth-order valence-corrected chi connectivity index (χ4v) is 3.23. The number of para-hydroxylation sites is 1. The fraction of sp³-hybridized carbons (Fsp3) is 0. The molecule has 158 valence electrons. The van der Waals surface area contributed by atoms with Crippen molar-refractivity contribution in [1.82, 2.24) is 0 Å². The van der Waals surface area contributed by atoms with Crippen LogP contribution in [0.15, 0.2) is 84.9 Å². The van der Waals surface area contributed by atoms with Crippen molar-refractivity contribution in [3.05, 3.63) is 106 Å². The summed E-state index contributed by atoms with van der Waals surface area (Å²) in [5.41, 5.74) is 1.10. The molecule has 8 heteroatoms. The molecule has 32 heavy (non-hydrogen) atoms. The molecule has 0 fully saturated rings. The number of nitro benzene ring substituents is 1. The second kappa shape index (κ2) is 8.57. The first kappa shape index (κ1) is 20.5. The molecule has 0 aliphatic rings. The summed E-state index contributed by atoms with van der Waals surface area (Å²) in [4.78, 5) is 35.7. The Morgan fingerprint density at radius 1 is 0.750 bits per heavy atom. The van der Waals surface area contributed by atoms with Crippen LogP contribution < -0.4 is 10.6 Å². The predicted octanol–water partition coefficient (Wildman–Crippen LogP) is 4.96. The van der Waals surface area contributed by atoms with Gasteiger partial charge in [0.1, 0.15) is 5.75 Å². The molecular weight excluding hydrogens is 410 g/mol. The van der Waals surface area contributed by atoms with Crippen molar-refractivity contribution in [3.8, 4) is 5.75 Å². The number of carbonyl (C=O) groups excluding carboxylic acids is 2. The van der Waals surface area contributed by atoms with Crippen molar-refractivity contribution < 1.29 is 19.6 Å². The van der Waals surface area contributed by atoms with Gasteiger partial charge in [-0.05, 0) is 53.2 Å². The molecule has 0 aromatic heterocycles. The predicted molar refractivity (Wildman–Crippen MR) is 121 cm³/mol. The third kappa shape index (κ3) is 4.39. The number of phenolic OH excluding ortho intramolecular Hbond substituents is 1. The lowest BCUT2D eigenvalue weighted by Gasteiger charge is -2.10. The van der Waals surface area contributed by atoms with Gasteiger partial charge in [-0.1, -0.05) is 30.3 Å². The van der Waals surface area contributed by atoms with E-state index in [0.29, 0.717) is 22.0 Å². The first-order valence-electron chi connectivity index (χ1n) is 9.60. The summed E-state index contributed by atoms with van der Waals surface area (Å²) in [6.07, 6.45) is 0. The van der Waals surface area contributed by atoms with Gasteiger partial charge >= 0.3 is 0 Å². The standard InChI is InChI=1S/C24H17N3O5/c28-22-13-15-9-10-16(23(29)26-19-7-4-8-20(14-19)27(31)32)11-17(15)12-21(22)24(30)25-18-5-2-1-3-6-18/h1-14,28H,(H,25,30)(H,26,29). The van der Waals surface area contributed by atoms with Crippen LogP contribution in [-0.2, 0) is 0 Å². The van der Waals surface area contributed by atoms with Crippen LogP contribution in [0.1, 0.15) is 20.7 Å². The maximum atomic E-state index is 12.7. The molecule has 0 spiro atoms. The number of aromatic hydroxyl groups is 1. The normalized spacial score (nSPS) is 10.5. The number of nitrogens with zero attached hydrogens (tertiary/aromatic N) is 1. The number of carbonyl (C=O) groups is 2. The summed E-state index contributed by atoms with van der Waals surface area (Å²) in [5, 5.41) is 27.8. The summed E-state index contributed by atoms with van der Waals surface area (Å²) in [5.74, 6) is -1.13. The third-order valence-corrected chi connectivity index (χ3v) is 4.81. The molecule has 0 aliphatic heterocycles. The molecule has 0 unspecified atom stereocenters. The number of phenols is 1. The Labute approximate surface area is 182 Å². The maximum absolute atomic E-state index is 12.7. The van der Waals surface area contributed by atoms with E-state index in [1.54, 1.807) is 48.5 Å². The van der Waals surface area contributed by atoms with E-state index in [1.807, 2.05) is 6.07 Å². The molecule has 4 aromatic carbocycles. The molecule has 0 heterocycles. The number of fused-ring (bicyclic) bond motifs is 1. The Morgan fingerprint density at radius 2 is 1.47 bits per heavy atom. The molecule has 8 nitrogen and oxygen atoms in total. The quantitative estimate of drug-likeness (QED) is 0.307. The van der Waals surface area contributed by atoms with Gasteiger partial charge in [0.25, 0.3) is 17.5 Å². The van der Waals surface area contributed by atoms with Gasteiger partial charge in [-0.15, -0.1) is 0 Å². The zero-order valence-corrected chi connectivity index (χ0v) is 16.6. The van der Waals surface area contributed by atoms with E-state index < -0.39 is 16.7 Å². The van der Waals surface area contributed by atoms with Crippen LogP contribution in [0.25, 0.3) is 10.8 Å². The van der Waals surface area contributed by atoms with E-state index in [2.05, 4.69) is 10.6 Å². The number of non-ortho nitro benzene ring substituents is 1. The Balaban J connectivity index is 1.61. The van der Waals surface area contributed by atoms with Crippen molar-refractivity contribution in [2.24, 2.45) is 0 Å². The second-order valence-corrected chi connectivity index (χ2v) is 7.01. The van der Waals surface area contributed by atoms with Gasteiger partial charge in [0.2, 0.25) is 0 Å². The minimum Gasteiger partial charge on any atom is -0.507 e. The van der Waals surface area contributed by atoms with Gasteiger partial charge in [-0.3, -0.25) is 19.7 Å². The van der Waals surface area contributed by atoms with Crippen LogP contribution in [0.5, 0.6) is 5.75 Å². The summed E-state index contributed by atoms with van der Waals surface area (Å²) in [7, 11) is 0. The third-order valence-electron chi connectivity index (χ3n) is 4.81. The molecule has 0 saturated heterocycles. The summed E-state index contributed by atoms with van der Waals surface area (Å²) in [6.45, 7) is 0. The average Bonchev–Trinajstić information content (AvgIpc) is 2.79. The highest BCUT2D eigenvalue weighted by Crippen LogP contribution is 2.27. The maximum Gasteiger partial charge on any atom is 0.271 e. The van der Waals surface area contributed by atoms with Gasteiger partial charge in [0, 0.05) is 29.1 Å². The van der Waals surface area contributed by atoms with Crippen LogP contribution in [0, 0.1) is 10.1 Å². The summed E-state index contributed by atoms with van der Waals surface area (Å²) >= 11 is 0. The first-order chi connectivity index (χ1) is 15.4. The van der Waals surface area contributed by atoms with Crippen molar-refractivity contribution in [2.75, 3.05) is 10.6 Å². The number of anilines is 2. The van der Waals surface area contributed by atoms with E-state index >= 15 is 0 Å². The average molecular weight is 427 g/mol. The lowest BCUT2D eigenvalue weighted by atomic mass is 10.0. The SMILES string of the molecule is O=C(Nc1cccc([N+](=O)[O-])c1)c1ccc2cc(O)c(C(=O)Nc3ccccc3)cc2c1. The van der Waals surface area contributed by atoms with Crippen molar-refractivity contribution in [1.29, 1.82) is 0 Å². The lowest BCUT2D eigenvalue weighted by Crippen LogP contribution is -2.13. The Kier molecular flexibility index (Phi) is 5.50. The second-order valence-electron chi connectivity index (χ2n) is 7.01. The molecule has 3 N–H and O–H groups in total. The molecule has 0 radical (unpaired) electrons. The lowest BCUT2D eigenvalue weighted by molar-refractivity contribution is -0.384. The molecule has 0 bridgehead atoms. The monoisotopic (exact) mass is 427 g/mol. The molecule has 0 saturated carbocycles. The number of amides is 2. The number of benzene rings is 4. The highest BCUT2D eigenvalue weighted by atomic mass is 16.6. The van der Waals surface area contributed by atoms with E-state index in [-0.39, 0.29) is 22.7 Å². The van der Waals surface area contributed by atoms with Gasteiger partial charge in [-0.25, -0.2) is 0 Å². The number of hydrogen-bond donors (Lipinski definition) is 3. The van der Waals surface area contributed by atoms with Crippen LogP contribution >= 0.6 is 0 Å². The fourth-order valence-electron chi connectivity index (χ4n) is 3.23. The molecule has 0 aliphatic carbocycles. The van der Waals surface area contributed by atoms with Crippen LogP contribution in [-0.4, -0.2) is 21.8 Å². The van der Waals surface area contributed by atoms with Gasteiger partial charge in [0.15, 0.2) is 0 Å². The van der Waals surface area contributed by atoms with Gasteiger partial charge in [-0.2, -0.15) is 0 Å². The molecule has 0 atom stereocenters. The molecule has 2 amide bonds. The van der Waals surface area contributed by atoms with E-state index in [4.69, 9.17) is 0 Å². The van der Waals surface area contributed by atoms with Crippen LogP contribution in [0.4, 0.5) is 17.1 Å². The van der Waals surface area contributed by atoms with Crippen molar-refractivity contribution in [3.63, 3.8) is 0 Å². The molecule has 4 rings (SSSR count). The zero-order chi connectivity index (χ0) is 22.7. The van der Waals surface area contributed by atoms with E-state index in [1.165, 1.54) is 30.3 Å². The van der Waals surface area contributed by atoms with E-state index in [0.717, 1.165) is 0 Å². The number of hydrogen-bond acceptors (Lipinski definition) is 5. The first-order valence-corrected chi connectivity index (χ1v) is 9.60. The van der Waals surface area contributed by atoms with E-state index in [9.17, 15) is 24.8 Å². The number of nitrogens with one attached hydrogen (secondary N) is 2. The number of rotatable bonds is 5.